The van der Waals surface area contributed by atoms with Gasteiger partial charge in [0, 0.05) is 10.7 Å². The SMILES string of the molecule is NS(=O)(=O)C(=O)NS(=O)(=O)Cl. The van der Waals surface area contributed by atoms with Gasteiger partial charge in [-0.05, 0) is 0 Å². The van der Waals surface area contributed by atoms with Crippen LogP contribution in [0.4, 0.5) is 4.79 Å². The Morgan fingerprint density at radius 1 is 1.27 bits per heavy atom. The lowest BCUT2D eigenvalue weighted by Gasteiger charge is -1.95. The van der Waals surface area contributed by atoms with E-state index in [4.69, 9.17) is 0 Å². The molecule has 0 saturated heterocycles. The summed E-state index contributed by atoms with van der Waals surface area (Å²) in [7, 11) is -4.49. The van der Waals surface area contributed by atoms with E-state index in [-0.39, 0.29) is 0 Å². The highest BCUT2D eigenvalue weighted by molar-refractivity contribution is 8.14. The Labute approximate surface area is 67.1 Å². The van der Waals surface area contributed by atoms with Crippen LogP contribution in [-0.4, -0.2) is 22.1 Å². The van der Waals surface area contributed by atoms with Crippen LogP contribution in [0.15, 0.2) is 0 Å². The van der Waals surface area contributed by atoms with Crippen LogP contribution in [0.3, 0.4) is 0 Å². The number of hydrogen-bond acceptors (Lipinski definition) is 5. The van der Waals surface area contributed by atoms with Crippen molar-refractivity contribution in [3.05, 3.63) is 0 Å². The summed E-state index contributed by atoms with van der Waals surface area (Å²) in [4.78, 5) is 10.2. The van der Waals surface area contributed by atoms with Gasteiger partial charge >= 0.3 is 14.5 Å². The molecule has 0 aliphatic heterocycles. The summed E-state index contributed by atoms with van der Waals surface area (Å²) in [5, 5.41) is 2.36. The second kappa shape index (κ2) is 2.93. The second-order valence-corrected chi connectivity index (χ2v) is 5.13. The van der Waals surface area contributed by atoms with Crippen LogP contribution in [0, 0.1) is 0 Å². The predicted octanol–water partition coefficient (Wildman–Crippen LogP) is -1.53. The maximum atomic E-state index is 10.2. The summed E-state index contributed by atoms with van der Waals surface area (Å²) in [6.07, 6.45) is 0. The van der Waals surface area contributed by atoms with Gasteiger partial charge in [-0.3, -0.25) is 4.79 Å². The Morgan fingerprint density at radius 2 is 1.64 bits per heavy atom. The van der Waals surface area contributed by atoms with Crippen LogP contribution in [0.25, 0.3) is 0 Å². The molecule has 0 aromatic rings. The molecular formula is CH3ClN2O5S2. The smallest absolute Gasteiger partial charge is 0.254 e. The first-order valence-corrected chi connectivity index (χ1v) is 5.77. The highest BCUT2D eigenvalue weighted by Gasteiger charge is 2.21. The second-order valence-electron chi connectivity index (χ2n) is 1.37. The third-order valence-electron chi connectivity index (χ3n) is 0.464. The van der Waals surface area contributed by atoms with Crippen LogP contribution in [0.2, 0.25) is 0 Å². The molecule has 3 N–H and O–H groups in total. The molecule has 0 atom stereocenters. The topological polar surface area (TPSA) is 123 Å². The number of amides is 1. The molecule has 0 unspecified atom stereocenters. The van der Waals surface area contributed by atoms with Crippen LogP contribution >= 0.6 is 10.7 Å². The summed E-state index contributed by atoms with van der Waals surface area (Å²) >= 11 is 0. The van der Waals surface area contributed by atoms with Crippen molar-refractivity contribution in [2.75, 3.05) is 0 Å². The van der Waals surface area contributed by atoms with Crippen LogP contribution in [0.5, 0.6) is 0 Å². The molecule has 0 bridgehead atoms. The maximum Gasteiger partial charge on any atom is 0.365 e. The summed E-state index contributed by atoms with van der Waals surface area (Å²) < 4.78 is 41.1. The lowest BCUT2D eigenvalue weighted by molar-refractivity contribution is 0.262. The van der Waals surface area contributed by atoms with Crippen molar-refractivity contribution in [3.63, 3.8) is 0 Å². The van der Waals surface area contributed by atoms with Crippen molar-refractivity contribution in [1.82, 2.24) is 4.72 Å². The fourth-order valence-electron chi connectivity index (χ4n) is 0.158. The number of carbonyl (C=O) groups is 1. The predicted molar refractivity (Wildman–Crippen MR) is 36.4 cm³/mol. The molecule has 0 spiro atoms. The first-order chi connectivity index (χ1) is 4.63. The Hall–Kier alpha value is -0.380. The normalized spacial score (nSPS) is 12.5. The van der Waals surface area contributed by atoms with E-state index in [0.29, 0.717) is 0 Å². The van der Waals surface area contributed by atoms with Gasteiger partial charge in [0.15, 0.2) is 0 Å². The zero-order valence-corrected chi connectivity index (χ0v) is 7.20. The molecule has 0 aromatic carbocycles. The van der Waals surface area contributed by atoms with E-state index in [1.54, 1.807) is 0 Å². The van der Waals surface area contributed by atoms with Crippen molar-refractivity contribution in [2.24, 2.45) is 5.14 Å². The molecule has 0 fully saturated rings. The molecule has 0 aromatic heterocycles. The van der Waals surface area contributed by atoms with Crippen molar-refractivity contribution in [2.45, 2.75) is 0 Å². The largest absolute Gasteiger partial charge is 0.365 e. The fraction of sp³-hybridized carbons (Fsp3) is 0. The molecule has 10 heteroatoms. The average Bonchev–Trinajstić information content (AvgIpc) is 1.56. The minimum absolute atomic E-state index is 0.945. The Morgan fingerprint density at radius 3 is 1.73 bits per heavy atom. The van der Waals surface area contributed by atoms with Crippen LogP contribution < -0.4 is 9.86 Å². The summed E-state index contributed by atoms with van der Waals surface area (Å²) in [5.74, 6) is 0. The number of primary sulfonamides is 1. The molecule has 0 aliphatic carbocycles. The van der Waals surface area contributed by atoms with Gasteiger partial charge in [-0.1, -0.05) is 0 Å². The number of halogens is 1. The first kappa shape index (κ1) is 10.6. The Kier molecular flexibility index (Phi) is 2.83. The molecule has 1 amide bonds. The zero-order valence-electron chi connectivity index (χ0n) is 4.81. The highest BCUT2D eigenvalue weighted by atomic mass is 35.7. The summed E-state index contributed by atoms with van der Waals surface area (Å²) in [5.41, 5.74) is 0. The standard InChI is InChI=1S/CH3ClN2O5S2/c2-11(8,9)4-1(5)10(3,6)7/h(H,4,5)(H2,3,6,7). The van der Waals surface area contributed by atoms with E-state index in [0.717, 1.165) is 4.72 Å². The molecule has 7 nitrogen and oxygen atoms in total. The lowest BCUT2D eigenvalue weighted by Crippen LogP contribution is -2.36. The van der Waals surface area contributed by atoms with E-state index in [9.17, 15) is 21.6 Å². The summed E-state index contributed by atoms with van der Waals surface area (Å²) in [6.45, 7) is 0. The fourth-order valence-corrected chi connectivity index (χ4v) is 1.50. The molecule has 66 valence electrons. The van der Waals surface area contributed by atoms with Gasteiger partial charge in [-0.25, -0.2) is 18.3 Å². The number of nitrogens with two attached hydrogens (primary N) is 1. The van der Waals surface area contributed by atoms with Crippen LogP contribution in [0.1, 0.15) is 0 Å². The van der Waals surface area contributed by atoms with E-state index in [1.807, 2.05) is 0 Å². The Balaban J connectivity index is 4.62. The van der Waals surface area contributed by atoms with E-state index < -0.39 is 24.5 Å². The first-order valence-electron chi connectivity index (χ1n) is 1.92. The quantitative estimate of drug-likeness (QED) is 0.521. The van der Waals surface area contributed by atoms with Gasteiger partial charge in [0.2, 0.25) is 0 Å². The molecular weight excluding hydrogens is 220 g/mol. The molecule has 0 saturated carbocycles. The average molecular weight is 223 g/mol. The number of sulfonamides is 1. The van der Waals surface area contributed by atoms with E-state index in [2.05, 4.69) is 15.8 Å². The van der Waals surface area contributed by atoms with Crippen molar-refractivity contribution in [3.8, 4) is 0 Å². The molecule has 0 heterocycles. The minimum atomic E-state index is -4.55. The van der Waals surface area contributed by atoms with Gasteiger partial charge in [-0.15, -0.1) is 0 Å². The van der Waals surface area contributed by atoms with Crippen molar-refractivity contribution in [1.29, 1.82) is 0 Å². The molecule has 0 aliphatic rings. The van der Waals surface area contributed by atoms with Gasteiger partial charge in [0.05, 0.1) is 0 Å². The number of hydrogen-bond donors (Lipinski definition) is 2. The van der Waals surface area contributed by atoms with Crippen molar-refractivity contribution >= 4 is 35.2 Å². The number of rotatable bonds is 1. The lowest BCUT2D eigenvalue weighted by atomic mass is 11.5. The van der Waals surface area contributed by atoms with E-state index >= 15 is 0 Å². The third kappa shape index (κ3) is 4.95. The van der Waals surface area contributed by atoms with E-state index in [1.165, 1.54) is 0 Å². The maximum absolute atomic E-state index is 10.2. The minimum Gasteiger partial charge on any atom is -0.254 e. The van der Waals surface area contributed by atoms with Gasteiger partial charge < -0.3 is 0 Å². The number of carbonyl (C=O) groups excluding carboxylic acids is 1. The zero-order chi connectivity index (χ0) is 9.28. The molecule has 0 rings (SSSR count). The van der Waals surface area contributed by atoms with Crippen molar-refractivity contribution < 1.29 is 21.6 Å². The monoisotopic (exact) mass is 222 g/mol. The number of nitrogens with one attached hydrogen (secondary N) is 1. The van der Waals surface area contributed by atoms with Gasteiger partial charge in [0.25, 0.3) is 10.0 Å². The Bertz CT molecular complexity index is 352. The molecule has 0 radical (unpaired) electrons. The van der Waals surface area contributed by atoms with Gasteiger partial charge in [0.1, 0.15) is 0 Å². The molecule has 11 heavy (non-hydrogen) atoms. The highest BCUT2D eigenvalue weighted by Crippen LogP contribution is 1.91. The summed E-state index contributed by atoms with van der Waals surface area (Å²) in [6, 6.07) is 0. The van der Waals surface area contributed by atoms with Gasteiger partial charge in [-0.2, -0.15) is 8.42 Å². The van der Waals surface area contributed by atoms with Crippen LogP contribution in [-0.2, 0) is 19.3 Å². The third-order valence-corrected chi connectivity index (χ3v) is 1.87.